The fraction of sp³-hybridized carbons (Fsp3) is 0.200. The van der Waals surface area contributed by atoms with Crippen molar-refractivity contribution in [2.45, 2.75) is 6.54 Å². The number of nitrogens with two attached hydrogens (primary N) is 1. The fourth-order valence-corrected chi connectivity index (χ4v) is 0.477. The summed E-state index contributed by atoms with van der Waals surface area (Å²) in [6.07, 6.45) is 2.89. The van der Waals surface area contributed by atoms with Crippen LogP contribution in [0.1, 0.15) is 5.89 Å². The summed E-state index contributed by atoms with van der Waals surface area (Å²) in [4.78, 5) is 13.8. The molecule has 0 spiro atoms. The smallest absolute Gasteiger partial charge is 0.334 e. The third-order valence-electron chi connectivity index (χ3n) is 0.854. The van der Waals surface area contributed by atoms with Gasteiger partial charge in [-0.1, -0.05) is 0 Å². The van der Waals surface area contributed by atoms with E-state index in [0.29, 0.717) is 5.89 Å². The van der Waals surface area contributed by atoms with Crippen LogP contribution in [0.25, 0.3) is 0 Å². The molecule has 5 nitrogen and oxygen atoms in total. The van der Waals surface area contributed by atoms with E-state index in [9.17, 15) is 4.79 Å². The van der Waals surface area contributed by atoms with Gasteiger partial charge in [-0.3, -0.25) is 0 Å². The van der Waals surface area contributed by atoms with Crippen LogP contribution in [-0.2, 0) is 6.54 Å². The first-order chi connectivity index (χ1) is 4.79. The number of hydrogen-bond donors (Lipinski definition) is 1. The summed E-state index contributed by atoms with van der Waals surface area (Å²) in [5, 5.41) is 3.35. The van der Waals surface area contributed by atoms with Crippen LogP contribution in [0.4, 0.5) is 4.79 Å². The van der Waals surface area contributed by atoms with Crippen molar-refractivity contribution in [3.8, 4) is 0 Å². The van der Waals surface area contributed by atoms with Crippen LogP contribution in [-0.4, -0.2) is 11.0 Å². The molecule has 53 valence electrons. The van der Waals surface area contributed by atoms with Gasteiger partial charge in [0.2, 0.25) is 5.89 Å². The molecule has 2 amide bonds. The van der Waals surface area contributed by atoms with Crippen molar-refractivity contribution in [3.63, 3.8) is 0 Å². The Morgan fingerprint density at radius 1 is 1.90 bits per heavy atom. The average molecular weight is 140 g/mol. The number of rotatable bonds is 2. The van der Waals surface area contributed by atoms with Crippen molar-refractivity contribution in [2.75, 3.05) is 0 Å². The molecular formula is C5H6N3O2. The van der Waals surface area contributed by atoms with E-state index in [2.05, 4.69) is 10.3 Å². The molecule has 0 fully saturated rings. The highest BCUT2D eigenvalue weighted by Gasteiger charge is 1.99. The molecule has 1 radical (unpaired) electrons. The summed E-state index contributed by atoms with van der Waals surface area (Å²) in [5.74, 6) is 0.388. The molecule has 0 aliphatic rings. The van der Waals surface area contributed by atoms with Crippen LogP contribution < -0.4 is 11.1 Å². The molecule has 1 heterocycles. The van der Waals surface area contributed by atoms with Crippen LogP contribution in [0.5, 0.6) is 0 Å². The third kappa shape index (κ3) is 1.77. The van der Waals surface area contributed by atoms with Crippen molar-refractivity contribution >= 4 is 6.03 Å². The predicted octanol–water partition coefficient (Wildman–Crippen LogP) is -0.142. The number of nitrogens with zero attached hydrogens (tertiary/aromatic N) is 2. The first-order valence-corrected chi connectivity index (χ1v) is 2.64. The van der Waals surface area contributed by atoms with Crippen molar-refractivity contribution < 1.29 is 9.21 Å². The lowest BCUT2D eigenvalue weighted by Crippen LogP contribution is -2.21. The number of hydrogen-bond acceptors (Lipinski definition) is 3. The van der Waals surface area contributed by atoms with Gasteiger partial charge in [0.1, 0.15) is 12.8 Å². The molecule has 1 rings (SSSR count). The maximum atomic E-state index is 10.1. The van der Waals surface area contributed by atoms with Gasteiger partial charge in [0, 0.05) is 0 Å². The first-order valence-electron chi connectivity index (χ1n) is 2.64. The van der Waals surface area contributed by atoms with Crippen LogP contribution in [0.3, 0.4) is 0 Å². The normalized spacial score (nSPS) is 9.20. The lowest BCUT2D eigenvalue weighted by Gasteiger charge is -1.90. The lowest BCUT2D eigenvalue weighted by atomic mass is 10.6. The van der Waals surface area contributed by atoms with E-state index in [-0.39, 0.29) is 6.54 Å². The molecule has 1 aromatic rings. The zero-order valence-corrected chi connectivity index (χ0v) is 5.15. The van der Waals surface area contributed by atoms with E-state index >= 15 is 0 Å². The summed E-state index contributed by atoms with van der Waals surface area (Å²) >= 11 is 0. The molecule has 2 N–H and O–H groups in total. The Hall–Kier alpha value is -1.52. The van der Waals surface area contributed by atoms with Gasteiger partial charge in [-0.15, -0.1) is 0 Å². The maximum absolute atomic E-state index is 10.1. The molecule has 1 aromatic heterocycles. The van der Waals surface area contributed by atoms with E-state index < -0.39 is 6.03 Å². The summed E-state index contributed by atoms with van der Waals surface area (Å²) in [7, 11) is 0. The van der Waals surface area contributed by atoms with E-state index in [4.69, 9.17) is 10.2 Å². The van der Waals surface area contributed by atoms with E-state index in [0.717, 1.165) is 0 Å². The SMILES string of the molecule is NC(=O)[N]Cc1ncco1. The maximum Gasteiger partial charge on any atom is 0.334 e. The van der Waals surface area contributed by atoms with Crippen LogP contribution >= 0.6 is 0 Å². The largest absolute Gasteiger partial charge is 0.447 e. The Balaban J connectivity index is 2.35. The molecule has 5 heteroatoms. The zero-order valence-electron chi connectivity index (χ0n) is 5.15. The summed E-state index contributed by atoms with van der Waals surface area (Å²) in [6.45, 7) is 0.113. The van der Waals surface area contributed by atoms with E-state index in [1.807, 2.05) is 0 Å². The molecule has 0 atom stereocenters. The van der Waals surface area contributed by atoms with E-state index in [1.54, 1.807) is 0 Å². The van der Waals surface area contributed by atoms with Crippen LogP contribution in [0.2, 0.25) is 0 Å². The molecular weight excluding hydrogens is 134 g/mol. The zero-order chi connectivity index (χ0) is 7.40. The number of urea groups is 1. The Labute approximate surface area is 57.2 Å². The van der Waals surface area contributed by atoms with E-state index in [1.165, 1.54) is 12.5 Å². The number of aromatic nitrogens is 1. The highest BCUT2D eigenvalue weighted by molar-refractivity contribution is 5.71. The second kappa shape index (κ2) is 2.86. The Kier molecular flexibility index (Phi) is 1.89. The van der Waals surface area contributed by atoms with Gasteiger partial charge in [0.25, 0.3) is 0 Å². The topological polar surface area (TPSA) is 83.2 Å². The second-order valence-corrected chi connectivity index (χ2v) is 1.58. The minimum atomic E-state index is -0.710. The van der Waals surface area contributed by atoms with Gasteiger partial charge in [-0.05, 0) is 0 Å². The lowest BCUT2D eigenvalue weighted by molar-refractivity contribution is 0.246. The minimum Gasteiger partial charge on any atom is -0.447 e. The predicted molar refractivity (Wildman–Crippen MR) is 31.9 cm³/mol. The minimum absolute atomic E-state index is 0.113. The van der Waals surface area contributed by atoms with Gasteiger partial charge in [-0.2, -0.15) is 0 Å². The Morgan fingerprint density at radius 3 is 3.20 bits per heavy atom. The number of amides is 2. The summed E-state index contributed by atoms with van der Waals surface area (Å²) in [6, 6.07) is -0.710. The molecule has 0 aromatic carbocycles. The molecule has 0 unspecified atom stereocenters. The van der Waals surface area contributed by atoms with Crippen LogP contribution in [0, 0.1) is 0 Å². The average Bonchev–Trinajstić information content (AvgIpc) is 2.34. The third-order valence-corrected chi connectivity index (χ3v) is 0.854. The van der Waals surface area contributed by atoms with Gasteiger partial charge in [-0.25, -0.2) is 15.1 Å². The highest BCUT2D eigenvalue weighted by atomic mass is 16.3. The van der Waals surface area contributed by atoms with Gasteiger partial charge in [0.15, 0.2) is 0 Å². The number of oxazole rings is 1. The van der Waals surface area contributed by atoms with Crippen LogP contribution in [0.15, 0.2) is 16.9 Å². The van der Waals surface area contributed by atoms with Crippen molar-refractivity contribution in [3.05, 3.63) is 18.4 Å². The van der Waals surface area contributed by atoms with Gasteiger partial charge < -0.3 is 10.2 Å². The molecule has 10 heavy (non-hydrogen) atoms. The Bertz CT molecular complexity index is 207. The monoisotopic (exact) mass is 140 g/mol. The second-order valence-electron chi connectivity index (χ2n) is 1.58. The number of carbonyl (C=O) groups is 1. The molecule has 0 saturated carbocycles. The quantitative estimate of drug-likeness (QED) is 0.620. The summed E-state index contributed by atoms with van der Waals surface area (Å²) < 4.78 is 4.77. The molecule has 0 saturated heterocycles. The Morgan fingerprint density at radius 2 is 2.70 bits per heavy atom. The van der Waals surface area contributed by atoms with Crippen molar-refractivity contribution in [2.24, 2.45) is 5.73 Å². The fourth-order valence-electron chi connectivity index (χ4n) is 0.477. The molecule has 0 aliphatic heterocycles. The standard InChI is InChI=1S/C5H6N3O2/c6-5(9)8-3-4-7-1-2-10-4/h1-2H,3H2,(H2,6,9). The van der Waals surface area contributed by atoms with Crippen molar-refractivity contribution in [1.82, 2.24) is 10.3 Å². The molecule has 0 aliphatic carbocycles. The number of carbonyl (C=O) groups excluding carboxylic acids is 1. The first kappa shape index (κ1) is 6.60. The van der Waals surface area contributed by atoms with Gasteiger partial charge >= 0.3 is 6.03 Å². The number of primary amides is 1. The summed E-state index contributed by atoms with van der Waals surface area (Å²) in [5.41, 5.74) is 4.73. The molecule has 0 bridgehead atoms. The highest BCUT2D eigenvalue weighted by Crippen LogP contribution is 1.92. The van der Waals surface area contributed by atoms with Gasteiger partial charge in [0.05, 0.1) is 6.20 Å². The van der Waals surface area contributed by atoms with Crippen molar-refractivity contribution in [1.29, 1.82) is 0 Å².